The molecule has 1 aliphatic rings. The lowest BCUT2D eigenvalue weighted by atomic mass is 9.84. The molecule has 4 rings (SSSR count). The number of fused-ring (bicyclic) bond motifs is 1. The number of benzene rings is 2. The molecule has 0 bridgehead atoms. The smallest absolute Gasteiger partial charge is 0.307 e. The molecule has 1 aliphatic carbocycles. The summed E-state index contributed by atoms with van der Waals surface area (Å²) < 4.78 is 6.95. The number of carboxylic acid groups (broad SMARTS) is 1. The molecule has 1 saturated carbocycles. The molecule has 1 aromatic heterocycles. The predicted octanol–water partition coefficient (Wildman–Crippen LogP) is 4.28. The van der Waals surface area contributed by atoms with E-state index in [1.165, 1.54) is 4.68 Å². The van der Waals surface area contributed by atoms with Crippen LogP contribution in [0.2, 0.25) is 0 Å². The molecule has 1 fully saturated rings. The van der Waals surface area contributed by atoms with Crippen LogP contribution in [-0.4, -0.2) is 38.5 Å². The average Bonchev–Trinajstić information content (AvgIpc) is 3.28. The highest BCUT2D eigenvalue weighted by molar-refractivity contribution is 6.00. The molecule has 8 heteroatoms. The molecule has 2 aromatic carbocycles. The molecule has 0 spiro atoms. The Balaban J connectivity index is 1.49. The van der Waals surface area contributed by atoms with E-state index in [-0.39, 0.29) is 17.9 Å². The number of hydrogen-bond donors (Lipinski definition) is 1. The van der Waals surface area contributed by atoms with Crippen molar-refractivity contribution in [1.29, 1.82) is 0 Å². The van der Waals surface area contributed by atoms with Gasteiger partial charge in [-0.15, -0.1) is 5.10 Å². The quantitative estimate of drug-likeness (QED) is 0.343. The molecule has 3 aromatic rings. The van der Waals surface area contributed by atoms with Crippen LogP contribution in [0.1, 0.15) is 54.9 Å². The lowest BCUT2D eigenvalue weighted by Crippen LogP contribution is -2.34. The fraction of sp³-hybridized carbons (Fsp3) is 0.444. The molecule has 35 heavy (non-hydrogen) atoms. The van der Waals surface area contributed by atoms with Gasteiger partial charge in [-0.05, 0) is 68.5 Å². The number of aromatic nitrogens is 3. The predicted molar refractivity (Wildman–Crippen MR) is 132 cm³/mol. The number of aryl methyl sites for hydroxylation is 1. The van der Waals surface area contributed by atoms with Gasteiger partial charge in [0.15, 0.2) is 5.78 Å². The van der Waals surface area contributed by atoms with Crippen LogP contribution in [0.4, 0.5) is 0 Å². The Labute approximate surface area is 203 Å². The van der Waals surface area contributed by atoms with Crippen LogP contribution in [0.5, 0.6) is 5.75 Å². The Morgan fingerprint density at radius 1 is 1.11 bits per heavy atom. The summed E-state index contributed by atoms with van der Waals surface area (Å²) in [5.74, 6) is -2.46. The fourth-order valence-electron chi connectivity index (χ4n) is 4.96. The molecule has 0 amide bonds. The van der Waals surface area contributed by atoms with Crippen molar-refractivity contribution >= 4 is 22.7 Å². The third kappa shape index (κ3) is 5.42. The minimum Gasteiger partial charge on any atom is -0.494 e. The Hall–Kier alpha value is -3.55. The van der Waals surface area contributed by atoms with E-state index in [0.717, 1.165) is 24.8 Å². The molecule has 1 N–H and O–H groups in total. The first-order valence-corrected chi connectivity index (χ1v) is 12.2. The van der Waals surface area contributed by atoms with Crippen molar-refractivity contribution in [2.75, 3.05) is 6.61 Å². The number of ether oxygens (including phenoxy) is 1. The molecule has 1 heterocycles. The number of carboxylic acids is 1. The van der Waals surface area contributed by atoms with Crippen molar-refractivity contribution in [3.63, 3.8) is 0 Å². The van der Waals surface area contributed by atoms with E-state index in [0.29, 0.717) is 41.7 Å². The van der Waals surface area contributed by atoms with E-state index >= 15 is 0 Å². The zero-order chi connectivity index (χ0) is 24.9. The normalized spacial score (nSPS) is 19.7. The minimum absolute atomic E-state index is 0.112. The van der Waals surface area contributed by atoms with Crippen LogP contribution >= 0.6 is 0 Å². The van der Waals surface area contributed by atoms with Crippen molar-refractivity contribution in [1.82, 2.24) is 15.0 Å². The number of carbonyl (C=O) groups is 2. The molecule has 8 nitrogen and oxygen atoms in total. The number of hydrogen-bond acceptors (Lipinski definition) is 6. The summed E-state index contributed by atoms with van der Waals surface area (Å²) in [7, 11) is 0. The molecule has 0 radical (unpaired) electrons. The monoisotopic (exact) mass is 477 g/mol. The first kappa shape index (κ1) is 24.6. The Bertz CT molecular complexity index is 1270. The molecule has 3 atom stereocenters. The lowest BCUT2D eigenvalue weighted by Gasteiger charge is -2.20. The maximum Gasteiger partial charge on any atom is 0.307 e. The summed E-state index contributed by atoms with van der Waals surface area (Å²) in [5.41, 5.74) is 1.61. The van der Waals surface area contributed by atoms with Crippen LogP contribution in [0.25, 0.3) is 10.9 Å². The van der Waals surface area contributed by atoms with Gasteiger partial charge < -0.3 is 9.84 Å². The van der Waals surface area contributed by atoms with Crippen LogP contribution in [0, 0.1) is 24.7 Å². The Morgan fingerprint density at radius 3 is 2.60 bits per heavy atom. The summed E-state index contributed by atoms with van der Waals surface area (Å²) in [5, 5.41) is 18.6. The number of aliphatic carboxylic acids is 1. The van der Waals surface area contributed by atoms with Crippen LogP contribution in [0.15, 0.2) is 47.3 Å². The zero-order valence-electron chi connectivity index (χ0n) is 20.1. The van der Waals surface area contributed by atoms with E-state index < -0.39 is 23.7 Å². The molecule has 0 saturated heterocycles. The zero-order valence-corrected chi connectivity index (χ0v) is 20.1. The minimum atomic E-state index is -1.03. The third-order valence-electron chi connectivity index (χ3n) is 6.85. The van der Waals surface area contributed by atoms with E-state index in [2.05, 4.69) is 17.2 Å². The van der Waals surface area contributed by atoms with Crippen molar-refractivity contribution in [2.45, 2.75) is 52.5 Å². The fourth-order valence-corrected chi connectivity index (χ4v) is 4.96. The number of unbranched alkanes of at least 4 members (excludes halogenated alkanes) is 2. The van der Waals surface area contributed by atoms with E-state index in [1.807, 2.05) is 13.0 Å². The molecular weight excluding hydrogens is 446 g/mol. The SMILES string of the molecule is CCCCCOc1ccc(C(=O)[C@H]2CC[C@@H](Cn3nnc4ccc(C)cc4c3=O)C2C(=O)O)cc1. The highest BCUT2D eigenvalue weighted by atomic mass is 16.5. The van der Waals surface area contributed by atoms with Crippen molar-refractivity contribution in [3.05, 3.63) is 63.9 Å². The van der Waals surface area contributed by atoms with Gasteiger partial charge in [-0.2, -0.15) is 0 Å². The van der Waals surface area contributed by atoms with Crippen LogP contribution in [-0.2, 0) is 11.3 Å². The number of Topliss-reactive ketones (excluding diaryl/α,β-unsaturated/α-hetero) is 1. The van der Waals surface area contributed by atoms with Gasteiger partial charge in [-0.25, -0.2) is 4.68 Å². The van der Waals surface area contributed by atoms with E-state index in [1.54, 1.807) is 36.4 Å². The average molecular weight is 478 g/mol. The highest BCUT2D eigenvalue weighted by Crippen LogP contribution is 2.40. The molecule has 1 unspecified atom stereocenters. The lowest BCUT2D eigenvalue weighted by molar-refractivity contribution is -0.144. The number of rotatable bonds is 10. The summed E-state index contributed by atoms with van der Waals surface area (Å²) >= 11 is 0. The molecule has 184 valence electrons. The molecular formula is C27H31N3O5. The van der Waals surface area contributed by atoms with Gasteiger partial charge in [0.25, 0.3) is 5.56 Å². The second-order valence-electron chi connectivity index (χ2n) is 9.35. The van der Waals surface area contributed by atoms with Gasteiger partial charge in [-0.3, -0.25) is 14.4 Å². The topological polar surface area (TPSA) is 111 Å². The summed E-state index contributed by atoms with van der Waals surface area (Å²) in [6, 6.07) is 12.3. The number of ketones is 1. The second kappa shape index (κ2) is 10.8. The third-order valence-corrected chi connectivity index (χ3v) is 6.85. The maximum absolute atomic E-state index is 13.2. The summed E-state index contributed by atoms with van der Waals surface area (Å²) in [6.45, 7) is 4.76. The van der Waals surface area contributed by atoms with Gasteiger partial charge >= 0.3 is 5.97 Å². The first-order valence-electron chi connectivity index (χ1n) is 12.2. The van der Waals surface area contributed by atoms with Crippen LogP contribution in [0.3, 0.4) is 0 Å². The van der Waals surface area contributed by atoms with Crippen molar-refractivity contribution < 1.29 is 19.4 Å². The standard InChI is InChI=1S/C27H31N3O5/c1-3-4-5-14-35-20-10-7-18(8-11-20)25(31)21-12-9-19(24(21)27(33)34)16-30-26(32)22-15-17(2)6-13-23(22)28-29-30/h6-8,10-11,13,15,19,21,24H,3-5,9,12,14,16H2,1-2H3,(H,33,34)/t19-,21-,24?/m0/s1. The van der Waals surface area contributed by atoms with Crippen molar-refractivity contribution in [2.24, 2.45) is 17.8 Å². The van der Waals surface area contributed by atoms with E-state index in [9.17, 15) is 19.5 Å². The second-order valence-corrected chi connectivity index (χ2v) is 9.35. The Kier molecular flexibility index (Phi) is 7.58. The maximum atomic E-state index is 13.2. The number of nitrogens with zero attached hydrogens (tertiary/aromatic N) is 3. The molecule has 0 aliphatic heterocycles. The number of carbonyl (C=O) groups excluding carboxylic acids is 1. The van der Waals surface area contributed by atoms with Gasteiger partial charge in [0.05, 0.1) is 24.5 Å². The first-order chi connectivity index (χ1) is 16.9. The Morgan fingerprint density at radius 2 is 1.89 bits per heavy atom. The highest BCUT2D eigenvalue weighted by Gasteiger charge is 2.45. The van der Waals surface area contributed by atoms with Gasteiger partial charge in [-0.1, -0.05) is 36.6 Å². The summed E-state index contributed by atoms with van der Waals surface area (Å²) in [6.07, 6.45) is 4.17. The summed E-state index contributed by atoms with van der Waals surface area (Å²) in [4.78, 5) is 38.4. The van der Waals surface area contributed by atoms with Gasteiger partial charge in [0.2, 0.25) is 0 Å². The van der Waals surface area contributed by atoms with Gasteiger partial charge in [0, 0.05) is 11.5 Å². The van der Waals surface area contributed by atoms with Crippen LogP contribution < -0.4 is 10.3 Å². The van der Waals surface area contributed by atoms with E-state index in [4.69, 9.17) is 4.74 Å². The largest absolute Gasteiger partial charge is 0.494 e. The van der Waals surface area contributed by atoms with Gasteiger partial charge in [0.1, 0.15) is 11.3 Å². The van der Waals surface area contributed by atoms with Crippen molar-refractivity contribution in [3.8, 4) is 5.75 Å².